The van der Waals surface area contributed by atoms with Crippen LogP contribution < -0.4 is 4.90 Å². The van der Waals surface area contributed by atoms with Crippen molar-refractivity contribution in [3.63, 3.8) is 0 Å². The molecule has 0 aromatic heterocycles. The van der Waals surface area contributed by atoms with Crippen LogP contribution in [0.2, 0.25) is 5.02 Å². The Morgan fingerprint density at radius 3 is 2.59 bits per heavy atom. The monoisotopic (exact) mass is 251 g/mol. The van der Waals surface area contributed by atoms with E-state index >= 15 is 0 Å². The lowest BCUT2D eigenvalue weighted by molar-refractivity contribution is 0.282. The summed E-state index contributed by atoms with van der Waals surface area (Å²) in [4.78, 5) is 2.49. The van der Waals surface area contributed by atoms with Crippen molar-refractivity contribution in [2.45, 2.75) is 38.3 Å². The summed E-state index contributed by atoms with van der Waals surface area (Å²) in [5.41, 5.74) is 2.15. The van der Waals surface area contributed by atoms with Gasteiger partial charge in [0.15, 0.2) is 0 Å². The quantitative estimate of drug-likeness (QED) is 0.869. The smallest absolute Gasteiger partial charge is 0.0702 e. The fourth-order valence-corrected chi connectivity index (χ4v) is 2.56. The van der Waals surface area contributed by atoms with E-state index in [2.05, 4.69) is 11.0 Å². The van der Waals surface area contributed by atoms with Crippen LogP contribution in [0.3, 0.4) is 0 Å². The minimum absolute atomic E-state index is 0.0732. The highest BCUT2D eigenvalue weighted by Crippen LogP contribution is 2.39. The molecule has 0 aliphatic heterocycles. The Hall–Kier alpha value is -0.730. The predicted molar refractivity (Wildman–Crippen MR) is 70.5 cm³/mol. The molecule has 0 amide bonds. The second kappa shape index (κ2) is 4.51. The molecule has 0 unspecified atom stereocenters. The standard InChI is InChI=1S/C14H18ClNO/c15-12-3-6-14(11(7-12)9-17)16(13-4-5-13)8-10-1-2-10/h3,6-7,10,13,17H,1-2,4-5,8-9H2. The van der Waals surface area contributed by atoms with Crippen LogP contribution in [-0.4, -0.2) is 17.7 Å². The molecule has 1 aromatic rings. The van der Waals surface area contributed by atoms with Gasteiger partial charge in [-0.25, -0.2) is 0 Å². The van der Waals surface area contributed by atoms with Crippen LogP contribution in [0.5, 0.6) is 0 Å². The van der Waals surface area contributed by atoms with E-state index in [4.69, 9.17) is 11.6 Å². The number of anilines is 1. The Bertz CT molecular complexity index is 413. The Morgan fingerprint density at radius 1 is 1.24 bits per heavy atom. The zero-order chi connectivity index (χ0) is 11.8. The molecular weight excluding hydrogens is 234 g/mol. The van der Waals surface area contributed by atoms with E-state index in [1.807, 2.05) is 12.1 Å². The van der Waals surface area contributed by atoms with Gasteiger partial charge in [0.2, 0.25) is 0 Å². The second-order valence-electron chi connectivity index (χ2n) is 5.26. The number of hydrogen-bond acceptors (Lipinski definition) is 2. The fourth-order valence-electron chi connectivity index (χ4n) is 2.37. The fraction of sp³-hybridized carbons (Fsp3) is 0.571. The number of aliphatic hydroxyl groups excluding tert-OH is 1. The zero-order valence-corrected chi connectivity index (χ0v) is 10.7. The van der Waals surface area contributed by atoms with Crippen molar-refractivity contribution in [1.29, 1.82) is 0 Å². The average molecular weight is 252 g/mol. The first-order valence-electron chi connectivity index (χ1n) is 6.44. The summed E-state index contributed by atoms with van der Waals surface area (Å²) in [7, 11) is 0. The molecule has 2 saturated carbocycles. The Labute approximate surface area is 107 Å². The summed E-state index contributed by atoms with van der Waals surface area (Å²) in [6.45, 7) is 1.23. The third-order valence-electron chi connectivity index (χ3n) is 3.66. The van der Waals surface area contributed by atoms with Gasteiger partial charge in [-0.2, -0.15) is 0 Å². The van der Waals surface area contributed by atoms with Crippen molar-refractivity contribution >= 4 is 17.3 Å². The van der Waals surface area contributed by atoms with Crippen LogP contribution >= 0.6 is 11.6 Å². The normalized spacial score (nSPS) is 19.4. The van der Waals surface area contributed by atoms with E-state index in [-0.39, 0.29) is 6.61 Å². The summed E-state index contributed by atoms with van der Waals surface area (Å²) in [5, 5.41) is 10.2. The van der Waals surface area contributed by atoms with Gasteiger partial charge in [-0.1, -0.05) is 11.6 Å². The van der Waals surface area contributed by atoms with E-state index in [9.17, 15) is 5.11 Å². The predicted octanol–water partition coefficient (Wildman–Crippen LogP) is 3.21. The summed E-state index contributed by atoms with van der Waals surface area (Å²) in [6, 6.07) is 6.58. The highest BCUT2D eigenvalue weighted by Gasteiger charge is 2.34. The molecule has 0 saturated heterocycles. The number of hydrogen-bond donors (Lipinski definition) is 1. The summed E-state index contributed by atoms with van der Waals surface area (Å²) >= 11 is 5.98. The molecule has 0 heterocycles. The van der Waals surface area contributed by atoms with Gasteiger partial charge in [-0.3, -0.25) is 0 Å². The molecule has 2 fully saturated rings. The third-order valence-corrected chi connectivity index (χ3v) is 3.90. The van der Waals surface area contributed by atoms with Crippen LogP contribution in [0, 0.1) is 5.92 Å². The number of aliphatic hydroxyl groups is 1. The molecule has 1 N–H and O–H groups in total. The first-order chi connectivity index (χ1) is 8.28. The number of benzene rings is 1. The lowest BCUT2D eigenvalue weighted by atomic mass is 10.1. The molecule has 2 aliphatic carbocycles. The van der Waals surface area contributed by atoms with Crippen molar-refractivity contribution in [3.05, 3.63) is 28.8 Å². The first kappa shape index (κ1) is 11.4. The van der Waals surface area contributed by atoms with E-state index in [0.29, 0.717) is 11.1 Å². The van der Waals surface area contributed by atoms with Crippen molar-refractivity contribution in [2.75, 3.05) is 11.4 Å². The molecule has 2 aliphatic rings. The average Bonchev–Trinajstić information content (AvgIpc) is 3.18. The lowest BCUT2D eigenvalue weighted by Crippen LogP contribution is -2.29. The van der Waals surface area contributed by atoms with E-state index in [0.717, 1.165) is 18.0 Å². The molecule has 1 aromatic carbocycles. The summed E-state index contributed by atoms with van der Waals surface area (Å²) in [5.74, 6) is 0.873. The van der Waals surface area contributed by atoms with E-state index in [1.165, 1.54) is 31.4 Å². The second-order valence-corrected chi connectivity index (χ2v) is 5.69. The van der Waals surface area contributed by atoms with Gasteiger partial charge in [0.1, 0.15) is 0 Å². The molecule has 17 heavy (non-hydrogen) atoms. The maximum Gasteiger partial charge on any atom is 0.0702 e. The van der Waals surface area contributed by atoms with Gasteiger partial charge in [-0.05, 0) is 49.8 Å². The van der Waals surface area contributed by atoms with Crippen LogP contribution in [-0.2, 0) is 6.61 Å². The largest absolute Gasteiger partial charge is 0.392 e. The van der Waals surface area contributed by atoms with Crippen molar-refractivity contribution < 1.29 is 5.11 Å². The third kappa shape index (κ3) is 2.58. The molecular formula is C14H18ClNO. The summed E-state index contributed by atoms with van der Waals surface area (Å²) in [6.07, 6.45) is 5.32. The molecule has 0 atom stereocenters. The van der Waals surface area contributed by atoms with Crippen LogP contribution in [0.1, 0.15) is 31.2 Å². The first-order valence-corrected chi connectivity index (χ1v) is 6.81. The van der Waals surface area contributed by atoms with Gasteiger partial charge >= 0.3 is 0 Å². The molecule has 3 rings (SSSR count). The highest BCUT2D eigenvalue weighted by molar-refractivity contribution is 6.30. The van der Waals surface area contributed by atoms with Gasteiger partial charge in [0.05, 0.1) is 6.61 Å². The zero-order valence-electron chi connectivity index (χ0n) is 9.90. The molecule has 0 bridgehead atoms. The Kier molecular flexibility index (Phi) is 3.01. The van der Waals surface area contributed by atoms with Gasteiger partial charge in [-0.15, -0.1) is 0 Å². The Morgan fingerprint density at radius 2 is 2.00 bits per heavy atom. The van der Waals surface area contributed by atoms with Crippen LogP contribution in [0.15, 0.2) is 18.2 Å². The number of halogens is 1. The van der Waals surface area contributed by atoms with E-state index in [1.54, 1.807) is 0 Å². The van der Waals surface area contributed by atoms with Gasteiger partial charge < -0.3 is 10.0 Å². The minimum atomic E-state index is 0.0732. The Balaban J connectivity index is 1.87. The number of rotatable bonds is 5. The van der Waals surface area contributed by atoms with Crippen LogP contribution in [0.25, 0.3) is 0 Å². The van der Waals surface area contributed by atoms with E-state index < -0.39 is 0 Å². The minimum Gasteiger partial charge on any atom is -0.392 e. The van der Waals surface area contributed by atoms with Crippen LogP contribution in [0.4, 0.5) is 5.69 Å². The molecule has 0 radical (unpaired) electrons. The van der Waals surface area contributed by atoms with Gasteiger partial charge in [0, 0.05) is 28.9 Å². The number of nitrogens with zero attached hydrogens (tertiary/aromatic N) is 1. The molecule has 2 nitrogen and oxygen atoms in total. The molecule has 0 spiro atoms. The summed E-state index contributed by atoms with van der Waals surface area (Å²) < 4.78 is 0. The maximum absolute atomic E-state index is 9.46. The highest BCUT2D eigenvalue weighted by atomic mass is 35.5. The van der Waals surface area contributed by atoms with Crippen molar-refractivity contribution in [2.24, 2.45) is 5.92 Å². The lowest BCUT2D eigenvalue weighted by Gasteiger charge is -2.27. The molecule has 3 heteroatoms. The topological polar surface area (TPSA) is 23.5 Å². The van der Waals surface area contributed by atoms with Crippen molar-refractivity contribution in [1.82, 2.24) is 0 Å². The maximum atomic E-state index is 9.46. The van der Waals surface area contributed by atoms with Gasteiger partial charge in [0.25, 0.3) is 0 Å². The van der Waals surface area contributed by atoms with Crippen molar-refractivity contribution in [3.8, 4) is 0 Å². The molecule has 92 valence electrons. The SMILES string of the molecule is OCc1cc(Cl)ccc1N(CC1CC1)C1CC1.